The predicted molar refractivity (Wildman–Crippen MR) is 116 cm³/mol. The van der Waals surface area contributed by atoms with Gasteiger partial charge in [-0.2, -0.15) is 5.26 Å². The summed E-state index contributed by atoms with van der Waals surface area (Å²) in [6.45, 7) is 0.326. The quantitative estimate of drug-likeness (QED) is 0.489. The number of nitrogens with one attached hydrogen (secondary N) is 2. The predicted octanol–water partition coefficient (Wildman–Crippen LogP) is 3.15. The molecule has 0 spiro atoms. The molecule has 3 heterocycles. The Morgan fingerprint density at radius 1 is 1.13 bits per heavy atom. The SMILES string of the molecule is N#Cc1cnc(-c2ccc3c(c2)N(S(=O)(=O)c2ccc4[nH]c(=O)[nH]c4c2)CCS3)s1. The number of hydrogen-bond acceptors (Lipinski definition) is 7. The number of thioether (sulfide) groups is 1. The van der Waals surface area contributed by atoms with Crippen molar-refractivity contribution in [2.75, 3.05) is 16.6 Å². The molecule has 0 radical (unpaired) electrons. The Hall–Kier alpha value is -3.07. The van der Waals surface area contributed by atoms with Crippen LogP contribution in [0.15, 0.2) is 57.2 Å². The van der Waals surface area contributed by atoms with Crippen LogP contribution in [0.4, 0.5) is 5.69 Å². The number of aromatic amines is 2. The number of benzene rings is 2. The first-order valence-electron chi connectivity index (χ1n) is 8.84. The van der Waals surface area contributed by atoms with Gasteiger partial charge >= 0.3 is 5.69 Å². The first-order chi connectivity index (χ1) is 14.5. The molecule has 0 saturated carbocycles. The molecule has 1 aliphatic rings. The Labute approximate surface area is 179 Å². The third-order valence-corrected chi connectivity index (χ3v) is 8.52. The van der Waals surface area contributed by atoms with E-state index >= 15 is 0 Å². The highest BCUT2D eigenvalue weighted by atomic mass is 32.2. The highest BCUT2D eigenvalue weighted by Gasteiger charge is 2.30. The summed E-state index contributed by atoms with van der Waals surface area (Å²) in [6, 6.07) is 12.2. The zero-order valence-electron chi connectivity index (χ0n) is 15.2. The molecule has 0 amide bonds. The van der Waals surface area contributed by atoms with Gasteiger partial charge in [-0.3, -0.25) is 4.31 Å². The minimum atomic E-state index is -3.84. The zero-order chi connectivity index (χ0) is 20.9. The van der Waals surface area contributed by atoms with Gasteiger partial charge in [-0.25, -0.2) is 18.2 Å². The van der Waals surface area contributed by atoms with Gasteiger partial charge in [-0.05, 0) is 30.3 Å². The molecule has 2 N–H and O–H groups in total. The van der Waals surface area contributed by atoms with Crippen LogP contribution in [0.3, 0.4) is 0 Å². The Morgan fingerprint density at radius 3 is 2.77 bits per heavy atom. The first kappa shape index (κ1) is 18.9. The number of imidazole rings is 1. The van der Waals surface area contributed by atoms with Crippen LogP contribution < -0.4 is 9.99 Å². The molecule has 2 aromatic heterocycles. The number of nitriles is 1. The summed E-state index contributed by atoms with van der Waals surface area (Å²) in [5, 5.41) is 9.71. The Balaban J connectivity index is 1.60. The van der Waals surface area contributed by atoms with Crippen molar-refractivity contribution in [1.82, 2.24) is 15.0 Å². The molecule has 0 aliphatic carbocycles. The Morgan fingerprint density at radius 2 is 1.97 bits per heavy atom. The third kappa shape index (κ3) is 3.09. The summed E-state index contributed by atoms with van der Waals surface area (Å²) in [5.74, 6) is 0.630. The fourth-order valence-corrected chi connectivity index (χ4v) is 6.70. The molecular weight excluding hydrogens is 442 g/mol. The van der Waals surface area contributed by atoms with Gasteiger partial charge in [0, 0.05) is 22.8 Å². The van der Waals surface area contributed by atoms with E-state index in [0.29, 0.717) is 38.9 Å². The average Bonchev–Trinajstić information content (AvgIpc) is 3.37. The lowest BCUT2D eigenvalue weighted by Crippen LogP contribution is -2.35. The van der Waals surface area contributed by atoms with Crippen LogP contribution in [-0.2, 0) is 10.0 Å². The molecule has 0 saturated heterocycles. The van der Waals surface area contributed by atoms with Crippen LogP contribution in [0.25, 0.3) is 21.6 Å². The minimum absolute atomic E-state index is 0.106. The van der Waals surface area contributed by atoms with Crippen molar-refractivity contribution in [1.29, 1.82) is 5.26 Å². The van der Waals surface area contributed by atoms with Gasteiger partial charge in [0.25, 0.3) is 10.0 Å². The van der Waals surface area contributed by atoms with Crippen molar-refractivity contribution in [2.45, 2.75) is 9.79 Å². The van der Waals surface area contributed by atoms with E-state index in [0.717, 1.165) is 10.5 Å². The van der Waals surface area contributed by atoms with E-state index in [1.807, 2.05) is 12.1 Å². The van der Waals surface area contributed by atoms with Gasteiger partial charge in [0.05, 0.1) is 27.8 Å². The van der Waals surface area contributed by atoms with E-state index in [1.54, 1.807) is 23.9 Å². The number of aromatic nitrogens is 3. The molecule has 0 unspecified atom stereocenters. The van der Waals surface area contributed by atoms with Gasteiger partial charge < -0.3 is 9.97 Å². The van der Waals surface area contributed by atoms with Crippen molar-refractivity contribution in [3.63, 3.8) is 0 Å². The normalized spacial score (nSPS) is 13.9. The Bertz CT molecular complexity index is 1490. The standard InChI is InChI=1S/C19H13N5O3S3/c20-9-12-10-21-18(29-12)11-1-4-17-16(7-11)24(5-6-28-17)30(26,27)13-2-3-14-15(8-13)23-19(25)22-14/h1-4,7-8,10H,5-6H2,(H2,22,23,25). The van der Waals surface area contributed by atoms with Gasteiger partial charge in [0.15, 0.2) is 0 Å². The van der Waals surface area contributed by atoms with E-state index < -0.39 is 10.0 Å². The van der Waals surface area contributed by atoms with Crippen LogP contribution >= 0.6 is 23.1 Å². The van der Waals surface area contributed by atoms with Crippen LogP contribution in [0.5, 0.6) is 0 Å². The van der Waals surface area contributed by atoms with Crippen molar-refractivity contribution < 1.29 is 8.42 Å². The minimum Gasteiger partial charge on any atom is -0.306 e. The summed E-state index contributed by atoms with van der Waals surface area (Å²) in [6.07, 6.45) is 1.51. The summed E-state index contributed by atoms with van der Waals surface area (Å²) in [7, 11) is -3.84. The Kier molecular flexibility index (Phi) is 4.43. The molecule has 11 heteroatoms. The van der Waals surface area contributed by atoms with E-state index in [2.05, 4.69) is 21.0 Å². The lowest BCUT2D eigenvalue weighted by molar-refractivity contribution is 0.591. The maximum atomic E-state index is 13.5. The molecule has 1 aliphatic heterocycles. The lowest BCUT2D eigenvalue weighted by atomic mass is 10.2. The molecular formula is C19H13N5O3S3. The summed E-state index contributed by atoms with van der Waals surface area (Å²) in [4.78, 5) is 22.5. The largest absolute Gasteiger partial charge is 0.323 e. The van der Waals surface area contributed by atoms with Crippen LogP contribution in [-0.4, -0.2) is 35.7 Å². The van der Waals surface area contributed by atoms with Crippen molar-refractivity contribution in [3.05, 3.63) is 58.0 Å². The fourth-order valence-electron chi connectivity index (χ4n) is 3.33. The summed E-state index contributed by atoms with van der Waals surface area (Å²) < 4.78 is 28.3. The van der Waals surface area contributed by atoms with E-state index in [4.69, 9.17) is 5.26 Å². The number of anilines is 1. The van der Waals surface area contributed by atoms with Crippen molar-refractivity contribution >= 4 is 49.8 Å². The van der Waals surface area contributed by atoms with Crippen LogP contribution in [0.1, 0.15) is 4.88 Å². The molecule has 150 valence electrons. The second-order valence-electron chi connectivity index (χ2n) is 6.54. The number of nitrogens with zero attached hydrogens (tertiary/aromatic N) is 3. The highest BCUT2D eigenvalue weighted by molar-refractivity contribution is 8.00. The molecule has 5 rings (SSSR count). The van der Waals surface area contributed by atoms with Gasteiger partial charge in [-0.15, -0.1) is 23.1 Å². The van der Waals surface area contributed by atoms with Gasteiger partial charge in [0.1, 0.15) is 16.0 Å². The first-order valence-corrected chi connectivity index (χ1v) is 12.1. The third-order valence-electron chi connectivity index (χ3n) is 4.72. The smallest absolute Gasteiger partial charge is 0.306 e. The average molecular weight is 456 g/mol. The van der Waals surface area contributed by atoms with Gasteiger partial charge in [-0.1, -0.05) is 6.07 Å². The molecule has 0 fully saturated rings. The second-order valence-corrected chi connectivity index (χ2v) is 10.6. The molecule has 2 aromatic carbocycles. The van der Waals surface area contributed by atoms with Crippen LogP contribution in [0, 0.1) is 11.3 Å². The number of sulfonamides is 1. The topological polar surface area (TPSA) is 123 Å². The lowest BCUT2D eigenvalue weighted by Gasteiger charge is -2.30. The monoisotopic (exact) mass is 455 g/mol. The van der Waals surface area contributed by atoms with Crippen molar-refractivity contribution in [3.8, 4) is 16.6 Å². The maximum absolute atomic E-state index is 13.5. The molecule has 30 heavy (non-hydrogen) atoms. The second kappa shape index (κ2) is 7.02. The number of fused-ring (bicyclic) bond motifs is 2. The van der Waals surface area contributed by atoms with Crippen LogP contribution in [0.2, 0.25) is 0 Å². The van der Waals surface area contributed by atoms with Gasteiger partial charge in [0.2, 0.25) is 0 Å². The number of rotatable bonds is 3. The molecule has 0 atom stereocenters. The highest BCUT2D eigenvalue weighted by Crippen LogP contribution is 2.41. The zero-order valence-corrected chi connectivity index (χ0v) is 17.7. The number of H-pyrrole nitrogens is 2. The van der Waals surface area contributed by atoms with E-state index in [-0.39, 0.29) is 10.6 Å². The summed E-state index contributed by atoms with van der Waals surface area (Å²) in [5.41, 5.74) is 1.94. The maximum Gasteiger partial charge on any atom is 0.323 e. The number of thiazole rings is 1. The molecule has 8 nitrogen and oxygen atoms in total. The fraction of sp³-hybridized carbons (Fsp3) is 0.105. The summed E-state index contributed by atoms with van der Waals surface area (Å²) >= 11 is 2.86. The van der Waals surface area contributed by atoms with E-state index in [9.17, 15) is 13.2 Å². The van der Waals surface area contributed by atoms with E-state index in [1.165, 1.54) is 34.0 Å². The number of hydrogen-bond donors (Lipinski definition) is 2. The van der Waals surface area contributed by atoms with Crippen molar-refractivity contribution in [2.24, 2.45) is 0 Å². The molecule has 4 aromatic rings. The molecule has 0 bridgehead atoms.